The van der Waals surface area contributed by atoms with E-state index in [1.54, 1.807) is 6.92 Å². The Bertz CT molecular complexity index is 1610. The van der Waals surface area contributed by atoms with Crippen molar-refractivity contribution in [3.63, 3.8) is 0 Å². The predicted molar refractivity (Wildman–Crippen MR) is 158 cm³/mol. The number of hydrogen-bond donors (Lipinski definition) is 3. The van der Waals surface area contributed by atoms with Gasteiger partial charge in [-0.3, -0.25) is 19.2 Å². The first-order valence-electron chi connectivity index (χ1n) is 14.3. The summed E-state index contributed by atoms with van der Waals surface area (Å²) in [4.78, 5) is 33.5. The Hall–Kier alpha value is -3.90. The van der Waals surface area contributed by atoms with Gasteiger partial charge < -0.3 is 19.3 Å². The van der Waals surface area contributed by atoms with Gasteiger partial charge in [0, 0.05) is 11.8 Å². The number of aryl methyl sites for hydroxylation is 1. The number of rotatable bonds is 12. The summed E-state index contributed by atoms with van der Waals surface area (Å²) in [6.45, 7) is 2.41. The van der Waals surface area contributed by atoms with Crippen molar-refractivity contribution in [2.75, 3.05) is 6.61 Å². The number of H-pyrrole nitrogens is 1. The number of ether oxygens (including phenoxy) is 3. The van der Waals surface area contributed by atoms with Gasteiger partial charge in [0.1, 0.15) is 24.0 Å². The molecule has 3 N–H and O–H groups in total. The molecule has 0 spiro atoms. The zero-order chi connectivity index (χ0) is 29.8. The normalized spacial score (nSPS) is 26.1. The van der Waals surface area contributed by atoms with Crippen molar-refractivity contribution in [1.82, 2.24) is 15.0 Å². The van der Waals surface area contributed by atoms with Crippen molar-refractivity contribution in [2.45, 2.75) is 56.8 Å². The second-order valence-corrected chi connectivity index (χ2v) is 11.1. The minimum absolute atomic E-state index is 0.0104. The van der Waals surface area contributed by atoms with E-state index in [0.29, 0.717) is 12.2 Å². The van der Waals surface area contributed by atoms with Crippen molar-refractivity contribution in [1.29, 1.82) is 0 Å². The molecule has 6 rings (SSSR count). The molecule has 4 aromatic rings. The zero-order valence-corrected chi connectivity index (χ0v) is 23.8. The number of aromatic amines is 1. The lowest BCUT2D eigenvalue weighted by molar-refractivity contribution is -0.221. The SMILES string of the molecule is Cc1cn([C@@H]2O[C@@]3(COCc4ccccc4)[C@@H](O)[C@@H](NOCc4ccccc4)[C@@H]2[C@@H]3OCc2ccccc2)c(=O)[nH]c1=O. The van der Waals surface area contributed by atoms with Crippen LogP contribution in [0.4, 0.5) is 0 Å². The van der Waals surface area contributed by atoms with Gasteiger partial charge >= 0.3 is 5.69 Å². The van der Waals surface area contributed by atoms with Gasteiger partial charge in [0.25, 0.3) is 5.56 Å². The summed E-state index contributed by atoms with van der Waals surface area (Å²) in [6.07, 6.45) is -1.21. The highest BCUT2D eigenvalue weighted by Crippen LogP contribution is 2.54. The first-order chi connectivity index (χ1) is 21.0. The molecule has 2 aliphatic rings. The lowest BCUT2D eigenvalue weighted by atomic mass is 9.98. The average molecular weight is 586 g/mol. The number of nitrogens with one attached hydrogen (secondary N) is 2. The Labute approximate surface area is 248 Å². The Morgan fingerprint density at radius 2 is 1.47 bits per heavy atom. The molecular weight excluding hydrogens is 550 g/mol. The van der Waals surface area contributed by atoms with Crippen molar-refractivity contribution in [2.24, 2.45) is 5.92 Å². The highest BCUT2D eigenvalue weighted by molar-refractivity contribution is 5.21. The van der Waals surface area contributed by atoms with Gasteiger partial charge in [-0.25, -0.2) is 4.79 Å². The predicted octanol–water partition coefficient (Wildman–Crippen LogP) is 3.00. The van der Waals surface area contributed by atoms with Gasteiger partial charge in [-0.05, 0) is 23.6 Å². The van der Waals surface area contributed by atoms with Crippen LogP contribution in [0.5, 0.6) is 0 Å². The van der Waals surface area contributed by atoms with Crippen LogP contribution in [0.3, 0.4) is 0 Å². The average Bonchev–Trinajstić information content (AvgIpc) is 3.46. The number of aliphatic hydroxyl groups is 1. The Morgan fingerprint density at radius 1 is 0.884 bits per heavy atom. The number of hydroxylamine groups is 1. The van der Waals surface area contributed by atoms with E-state index in [4.69, 9.17) is 19.0 Å². The second-order valence-electron chi connectivity index (χ2n) is 11.1. The number of nitrogens with zero attached hydrogens (tertiary/aromatic N) is 1. The molecule has 3 aromatic carbocycles. The van der Waals surface area contributed by atoms with Crippen LogP contribution in [0.1, 0.15) is 28.5 Å². The fraction of sp³-hybridized carbons (Fsp3) is 0.333. The van der Waals surface area contributed by atoms with Crippen LogP contribution in [0, 0.1) is 12.8 Å². The van der Waals surface area contributed by atoms with E-state index in [9.17, 15) is 14.7 Å². The molecule has 1 aromatic heterocycles. The van der Waals surface area contributed by atoms with Crippen LogP contribution in [-0.2, 0) is 38.9 Å². The van der Waals surface area contributed by atoms with Gasteiger partial charge in [0.15, 0.2) is 0 Å². The number of hydrogen-bond acceptors (Lipinski definition) is 8. The second kappa shape index (κ2) is 12.8. The van der Waals surface area contributed by atoms with Gasteiger partial charge in [0.05, 0.1) is 38.4 Å². The number of aliphatic hydroxyl groups excluding tert-OH is 1. The molecule has 2 bridgehead atoms. The summed E-state index contributed by atoms with van der Waals surface area (Å²) >= 11 is 0. The summed E-state index contributed by atoms with van der Waals surface area (Å²) in [5, 5.41) is 11.9. The van der Waals surface area contributed by atoms with Crippen molar-refractivity contribution >= 4 is 0 Å². The zero-order valence-electron chi connectivity index (χ0n) is 23.8. The summed E-state index contributed by atoms with van der Waals surface area (Å²) in [5.74, 6) is -0.585. The largest absolute Gasteiger partial charge is 0.388 e. The molecule has 2 heterocycles. The monoisotopic (exact) mass is 585 g/mol. The molecule has 1 saturated heterocycles. The minimum atomic E-state index is -1.35. The molecule has 0 unspecified atom stereocenters. The number of aromatic nitrogens is 2. The first kappa shape index (κ1) is 29.2. The third-order valence-corrected chi connectivity index (χ3v) is 8.19. The van der Waals surface area contributed by atoms with Crippen LogP contribution >= 0.6 is 0 Å². The lowest BCUT2D eigenvalue weighted by Gasteiger charge is -2.39. The molecule has 1 saturated carbocycles. The van der Waals surface area contributed by atoms with Gasteiger partial charge in [-0.15, -0.1) is 0 Å². The molecule has 43 heavy (non-hydrogen) atoms. The van der Waals surface area contributed by atoms with Crippen molar-refractivity contribution < 1.29 is 24.2 Å². The molecular formula is C33H35N3O7. The van der Waals surface area contributed by atoms with E-state index in [2.05, 4.69) is 10.5 Å². The number of benzene rings is 3. The summed E-state index contributed by atoms with van der Waals surface area (Å²) in [7, 11) is 0. The Kier molecular flexibility index (Phi) is 8.66. The molecule has 10 nitrogen and oxygen atoms in total. The molecule has 1 aliphatic heterocycles. The summed E-state index contributed by atoms with van der Waals surface area (Å²) in [6, 6.07) is 28.4. The van der Waals surface area contributed by atoms with Crippen LogP contribution in [-0.4, -0.2) is 45.1 Å². The van der Waals surface area contributed by atoms with Crippen LogP contribution in [0.25, 0.3) is 0 Å². The molecule has 6 atom stereocenters. The third-order valence-electron chi connectivity index (χ3n) is 8.19. The number of fused-ring (bicyclic) bond motifs is 2. The van der Waals surface area contributed by atoms with E-state index in [1.807, 2.05) is 91.0 Å². The molecule has 224 valence electrons. The topological polar surface area (TPSA) is 124 Å². The molecule has 0 amide bonds. The Balaban J connectivity index is 1.34. The standard InChI is InChI=1S/C33H35N3O7/c1-22-17-36(32(39)34-30(22)38)31-26-27(35-42-20-25-15-9-4-10-16-25)28(37)33(43-31,21-40-18-23-11-5-2-6-12-23)29(26)41-19-24-13-7-3-8-14-24/h2-17,26-29,31,35,37H,18-21H2,1H3,(H,34,38,39)/t26-,27+,28+,29+,31-,33+/m1/s1. The molecule has 0 radical (unpaired) electrons. The van der Waals surface area contributed by atoms with E-state index < -0.39 is 47.2 Å². The highest BCUT2D eigenvalue weighted by atomic mass is 16.7. The smallest absolute Gasteiger partial charge is 0.330 e. The van der Waals surface area contributed by atoms with E-state index in [1.165, 1.54) is 10.8 Å². The van der Waals surface area contributed by atoms with Crippen LogP contribution in [0.15, 0.2) is 107 Å². The quantitative estimate of drug-likeness (QED) is 0.217. The first-order valence-corrected chi connectivity index (χ1v) is 14.3. The van der Waals surface area contributed by atoms with Crippen LogP contribution in [0.2, 0.25) is 0 Å². The third kappa shape index (κ3) is 5.98. The Morgan fingerprint density at radius 3 is 2.09 bits per heavy atom. The van der Waals surface area contributed by atoms with Gasteiger partial charge in [-0.1, -0.05) is 91.0 Å². The van der Waals surface area contributed by atoms with E-state index in [-0.39, 0.29) is 19.8 Å². The maximum Gasteiger partial charge on any atom is 0.330 e. The summed E-state index contributed by atoms with van der Waals surface area (Å²) in [5.41, 5.74) is 3.84. The lowest BCUT2D eigenvalue weighted by Crippen LogP contribution is -2.58. The highest BCUT2D eigenvalue weighted by Gasteiger charge is 2.71. The van der Waals surface area contributed by atoms with Gasteiger partial charge in [0.2, 0.25) is 0 Å². The maximum absolute atomic E-state index is 13.1. The molecule has 10 heteroatoms. The molecule has 2 fully saturated rings. The van der Waals surface area contributed by atoms with E-state index >= 15 is 0 Å². The maximum atomic E-state index is 13.1. The van der Waals surface area contributed by atoms with Crippen LogP contribution < -0.4 is 16.7 Å². The fourth-order valence-electron chi connectivity index (χ4n) is 6.04. The van der Waals surface area contributed by atoms with Gasteiger partial charge in [-0.2, -0.15) is 5.48 Å². The van der Waals surface area contributed by atoms with Crippen molar-refractivity contribution in [3.8, 4) is 0 Å². The molecule has 1 aliphatic carbocycles. The fourth-order valence-corrected chi connectivity index (χ4v) is 6.04. The van der Waals surface area contributed by atoms with Crippen molar-refractivity contribution in [3.05, 3.63) is 140 Å². The van der Waals surface area contributed by atoms with E-state index in [0.717, 1.165) is 16.7 Å². The summed E-state index contributed by atoms with van der Waals surface area (Å²) < 4.78 is 20.7. The minimum Gasteiger partial charge on any atom is -0.388 e.